The summed E-state index contributed by atoms with van der Waals surface area (Å²) in [6.07, 6.45) is 3.66. The molecule has 0 aliphatic carbocycles. The minimum Gasteiger partial charge on any atom is -0.377 e. The third-order valence-corrected chi connectivity index (χ3v) is 5.18. The lowest BCUT2D eigenvalue weighted by Crippen LogP contribution is -2.57. The minimum absolute atomic E-state index is 0.0730. The SMILES string of the molecule is CC(C)NC(=O)[C@]12CCO[C@@H]1CCN(Cc1nccs1)C2. The van der Waals surface area contributed by atoms with Gasteiger partial charge in [0.15, 0.2) is 0 Å². The number of piperidine rings is 1. The van der Waals surface area contributed by atoms with Crippen LogP contribution in [0, 0.1) is 5.41 Å². The number of nitrogens with zero attached hydrogens (tertiary/aromatic N) is 2. The van der Waals surface area contributed by atoms with Gasteiger partial charge in [-0.1, -0.05) is 0 Å². The zero-order valence-corrected chi connectivity index (χ0v) is 13.5. The predicted octanol–water partition coefficient (Wildman–Crippen LogP) is 1.65. The molecule has 6 heteroatoms. The van der Waals surface area contributed by atoms with Gasteiger partial charge >= 0.3 is 0 Å². The summed E-state index contributed by atoms with van der Waals surface area (Å²) in [5, 5.41) is 6.21. The van der Waals surface area contributed by atoms with Gasteiger partial charge in [-0.2, -0.15) is 0 Å². The molecule has 1 aromatic rings. The number of amides is 1. The maximum atomic E-state index is 12.7. The molecule has 0 spiro atoms. The summed E-state index contributed by atoms with van der Waals surface area (Å²) in [6.45, 7) is 7.30. The van der Waals surface area contributed by atoms with Crippen LogP contribution < -0.4 is 5.32 Å². The van der Waals surface area contributed by atoms with E-state index in [9.17, 15) is 4.79 Å². The van der Waals surface area contributed by atoms with E-state index in [0.717, 1.165) is 37.5 Å². The molecule has 0 aromatic carbocycles. The fourth-order valence-electron chi connectivity index (χ4n) is 3.42. The van der Waals surface area contributed by atoms with E-state index in [0.29, 0.717) is 6.61 Å². The summed E-state index contributed by atoms with van der Waals surface area (Å²) in [6, 6.07) is 0.169. The topological polar surface area (TPSA) is 54.5 Å². The molecule has 5 nitrogen and oxygen atoms in total. The highest BCUT2D eigenvalue weighted by molar-refractivity contribution is 7.09. The smallest absolute Gasteiger partial charge is 0.230 e. The largest absolute Gasteiger partial charge is 0.377 e. The first-order chi connectivity index (χ1) is 10.1. The lowest BCUT2D eigenvalue weighted by atomic mass is 9.75. The molecule has 1 amide bonds. The van der Waals surface area contributed by atoms with E-state index < -0.39 is 0 Å². The molecule has 0 bridgehead atoms. The molecule has 2 aliphatic rings. The van der Waals surface area contributed by atoms with Gasteiger partial charge in [0, 0.05) is 37.3 Å². The molecule has 116 valence electrons. The molecule has 1 N–H and O–H groups in total. The Labute approximate surface area is 129 Å². The van der Waals surface area contributed by atoms with Crippen LogP contribution in [0.15, 0.2) is 11.6 Å². The highest BCUT2D eigenvalue weighted by Crippen LogP contribution is 2.41. The number of thiazole rings is 1. The number of carbonyl (C=O) groups excluding carboxylic acids is 1. The number of hydrogen-bond acceptors (Lipinski definition) is 5. The second kappa shape index (κ2) is 6.02. The van der Waals surface area contributed by atoms with E-state index in [-0.39, 0.29) is 23.5 Å². The summed E-state index contributed by atoms with van der Waals surface area (Å²) >= 11 is 1.68. The number of hydrogen-bond donors (Lipinski definition) is 1. The van der Waals surface area contributed by atoms with Crippen LogP contribution >= 0.6 is 11.3 Å². The van der Waals surface area contributed by atoms with Crippen molar-refractivity contribution in [1.29, 1.82) is 0 Å². The van der Waals surface area contributed by atoms with Gasteiger partial charge in [0.2, 0.25) is 5.91 Å². The van der Waals surface area contributed by atoms with Crippen molar-refractivity contribution in [3.8, 4) is 0 Å². The Hall–Kier alpha value is -0.980. The predicted molar refractivity (Wildman–Crippen MR) is 82.1 cm³/mol. The quantitative estimate of drug-likeness (QED) is 0.919. The average Bonchev–Trinajstić information content (AvgIpc) is 3.07. The number of ether oxygens (including phenoxy) is 1. The van der Waals surface area contributed by atoms with Crippen LogP contribution in [0.2, 0.25) is 0 Å². The van der Waals surface area contributed by atoms with E-state index in [1.807, 2.05) is 25.4 Å². The summed E-state index contributed by atoms with van der Waals surface area (Å²) < 4.78 is 5.85. The van der Waals surface area contributed by atoms with Crippen LogP contribution in [0.4, 0.5) is 0 Å². The number of fused-ring (bicyclic) bond motifs is 1. The van der Waals surface area contributed by atoms with E-state index >= 15 is 0 Å². The summed E-state index contributed by atoms with van der Waals surface area (Å²) in [7, 11) is 0. The Kier molecular flexibility index (Phi) is 4.28. The maximum Gasteiger partial charge on any atom is 0.230 e. The average molecular weight is 309 g/mol. The van der Waals surface area contributed by atoms with Crippen LogP contribution in [0.5, 0.6) is 0 Å². The molecule has 3 rings (SSSR count). The number of carbonyl (C=O) groups is 1. The molecular formula is C15H23N3O2S. The van der Waals surface area contributed by atoms with Crippen molar-refractivity contribution < 1.29 is 9.53 Å². The Bertz CT molecular complexity index is 491. The molecule has 2 fully saturated rings. The van der Waals surface area contributed by atoms with E-state index in [1.54, 1.807) is 11.3 Å². The third-order valence-electron chi connectivity index (χ3n) is 4.41. The van der Waals surface area contributed by atoms with Crippen LogP contribution in [0.1, 0.15) is 31.7 Å². The van der Waals surface area contributed by atoms with Gasteiger partial charge in [0.1, 0.15) is 5.01 Å². The van der Waals surface area contributed by atoms with Crippen molar-refractivity contribution in [2.45, 2.75) is 45.4 Å². The molecule has 0 radical (unpaired) electrons. The zero-order chi connectivity index (χ0) is 14.9. The summed E-state index contributed by atoms with van der Waals surface area (Å²) in [4.78, 5) is 19.4. The molecule has 1 aromatic heterocycles. The Balaban J connectivity index is 1.74. The van der Waals surface area contributed by atoms with Gasteiger partial charge in [-0.3, -0.25) is 9.69 Å². The van der Waals surface area contributed by atoms with Gasteiger partial charge < -0.3 is 10.1 Å². The first-order valence-electron chi connectivity index (χ1n) is 7.63. The molecule has 2 atom stereocenters. The molecular weight excluding hydrogens is 286 g/mol. The minimum atomic E-state index is -0.375. The van der Waals surface area contributed by atoms with Crippen molar-refractivity contribution in [3.05, 3.63) is 16.6 Å². The Morgan fingerprint density at radius 2 is 2.52 bits per heavy atom. The molecule has 3 heterocycles. The van der Waals surface area contributed by atoms with Crippen molar-refractivity contribution in [2.75, 3.05) is 19.7 Å². The highest BCUT2D eigenvalue weighted by Gasteiger charge is 2.53. The van der Waals surface area contributed by atoms with Crippen LogP contribution in [0.3, 0.4) is 0 Å². The highest BCUT2D eigenvalue weighted by atomic mass is 32.1. The molecule has 21 heavy (non-hydrogen) atoms. The number of aromatic nitrogens is 1. The Morgan fingerprint density at radius 1 is 1.67 bits per heavy atom. The lowest BCUT2D eigenvalue weighted by Gasteiger charge is -2.42. The number of nitrogens with one attached hydrogen (secondary N) is 1. The number of rotatable bonds is 4. The standard InChI is InChI=1S/C15H23N3O2S/c1-11(2)17-14(19)15-4-7-20-12(15)3-6-18(10-15)9-13-16-5-8-21-13/h5,8,11-12H,3-4,6-7,9-10H2,1-2H3,(H,17,19)/t12-,15+/m1/s1. The fourth-order valence-corrected chi connectivity index (χ4v) is 4.07. The van der Waals surface area contributed by atoms with E-state index in [1.165, 1.54) is 0 Å². The fraction of sp³-hybridized carbons (Fsp3) is 0.733. The van der Waals surface area contributed by atoms with Crippen LogP contribution in [-0.4, -0.2) is 47.6 Å². The third kappa shape index (κ3) is 2.98. The second-order valence-electron chi connectivity index (χ2n) is 6.32. The summed E-state index contributed by atoms with van der Waals surface area (Å²) in [5.41, 5.74) is -0.375. The number of likely N-dealkylation sites (tertiary alicyclic amines) is 1. The Morgan fingerprint density at radius 3 is 3.24 bits per heavy atom. The van der Waals surface area contributed by atoms with Gasteiger partial charge in [0.25, 0.3) is 0 Å². The van der Waals surface area contributed by atoms with Crippen LogP contribution in [0.25, 0.3) is 0 Å². The van der Waals surface area contributed by atoms with Gasteiger partial charge in [-0.15, -0.1) is 11.3 Å². The monoisotopic (exact) mass is 309 g/mol. The van der Waals surface area contributed by atoms with Gasteiger partial charge in [0.05, 0.1) is 18.1 Å². The van der Waals surface area contributed by atoms with Crippen LogP contribution in [-0.2, 0) is 16.1 Å². The van der Waals surface area contributed by atoms with Gasteiger partial charge in [-0.25, -0.2) is 4.98 Å². The van der Waals surface area contributed by atoms with E-state index in [2.05, 4.69) is 15.2 Å². The molecule has 0 saturated carbocycles. The van der Waals surface area contributed by atoms with Crippen molar-refractivity contribution in [2.24, 2.45) is 5.41 Å². The maximum absolute atomic E-state index is 12.7. The summed E-state index contributed by atoms with van der Waals surface area (Å²) in [5.74, 6) is 0.156. The zero-order valence-electron chi connectivity index (χ0n) is 12.7. The van der Waals surface area contributed by atoms with Crippen molar-refractivity contribution in [3.63, 3.8) is 0 Å². The first kappa shape index (κ1) is 14.9. The molecule has 0 unspecified atom stereocenters. The second-order valence-corrected chi connectivity index (χ2v) is 7.30. The van der Waals surface area contributed by atoms with Crippen molar-refractivity contribution in [1.82, 2.24) is 15.2 Å². The molecule has 2 saturated heterocycles. The lowest BCUT2D eigenvalue weighted by molar-refractivity contribution is -0.140. The van der Waals surface area contributed by atoms with E-state index in [4.69, 9.17) is 4.74 Å². The normalized spacial score (nSPS) is 29.6. The molecule has 2 aliphatic heterocycles. The van der Waals surface area contributed by atoms with Crippen molar-refractivity contribution >= 4 is 17.2 Å². The van der Waals surface area contributed by atoms with Gasteiger partial charge in [-0.05, 0) is 26.7 Å². The first-order valence-corrected chi connectivity index (χ1v) is 8.51.